The molecule has 29 heavy (non-hydrogen) atoms. The topological polar surface area (TPSA) is 88.6 Å². The first kappa shape index (κ1) is 19.8. The van der Waals surface area contributed by atoms with E-state index in [9.17, 15) is 14.7 Å². The van der Waals surface area contributed by atoms with Crippen LogP contribution in [0.3, 0.4) is 0 Å². The molecule has 0 amide bonds. The number of nitrogens with two attached hydrogens (primary N) is 1. The molecule has 0 spiro atoms. The van der Waals surface area contributed by atoms with Crippen molar-refractivity contribution in [2.24, 2.45) is 11.1 Å². The number of benzene rings is 1. The number of carboxylic acid groups (broad SMARTS) is 1. The first-order valence-electron chi connectivity index (χ1n) is 10.0. The second kappa shape index (κ2) is 6.79. The molecular weight excluding hydrogens is 380 g/mol. The van der Waals surface area contributed by atoms with Crippen LogP contribution in [-0.4, -0.2) is 34.8 Å². The molecule has 1 aliphatic heterocycles. The zero-order chi connectivity index (χ0) is 21.1. The molecule has 1 aromatic heterocycles. The Hall–Kier alpha value is -2.48. The SMILES string of the molecule is CCC1(CC)CN(c2c(F)cc3c(=O)c(C(=O)O)cn(C4CC4)c3c2F)C[C@@H]1N. The quantitative estimate of drug-likeness (QED) is 0.797. The number of halogens is 2. The molecule has 156 valence electrons. The van der Waals surface area contributed by atoms with E-state index in [0.29, 0.717) is 13.1 Å². The Morgan fingerprint density at radius 3 is 2.48 bits per heavy atom. The Morgan fingerprint density at radius 2 is 1.97 bits per heavy atom. The summed E-state index contributed by atoms with van der Waals surface area (Å²) in [6, 6.07) is 0.674. The van der Waals surface area contributed by atoms with Crippen LogP contribution in [0.25, 0.3) is 10.9 Å². The number of rotatable bonds is 5. The average Bonchev–Trinajstić information content (AvgIpc) is 3.46. The van der Waals surface area contributed by atoms with Crippen molar-refractivity contribution in [1.29, 1.82) is 0 Å². The van der Waals surface area contributed by atoms with Crippen molar-refractivity contribution in [3.8, 4) is 0 Å². The highest BCUT2D eigenvalue weighted by atomic mass is 19.1. The summed E-state index contributed by atoms with van der Waals surface area (Å²) in [6.07, 6.45) is 4.30. The molecule has 1 saturated heterocycles. The summed E-state index contributed by atoms with van der Waals surface area (Å²) in [6.45, 7) is 4.81. The predicted molar refractivity (Wildman–Crippen MR) is 107 cm³/mol. The Balaban J connectivity index is 1.94. The van der Waals surface area contributed by atoms with E-state index in [4.69, 9.17) is 5.73 Å². The Bertz CT molecular complexity index is 1060. The third kappa shape index (κ3) is 2.92. The maximum atomic E-state index is 15.7. The smallest absolute Gasteiger partial charge is 0.341 e. The van der Waals surface area contributed by atoms with Gasteiger partial charge in [-0.05, 0) is 31.7 Å². The van der Waals surface area contributed by atoms with Gasteiger partial charge in [-0.15, -0.1) is 0 Å². The lowest BCUT2D eigenvalue weighted by Crippen LogP contribution is -2.39. The summed E-state index contributed by atoms with van der Waals surface area (Å²) in [5, 5.41) is 9.10. The van der Waals surface area contributed by atoms with E-state index in [0.717, 1.165) is 31.7 Å². The third-order valence-corrected chi connectivity index (χ3v) is 6.79. The molecule has 0 unspecified atom stereocenters. The standard InChI is InChI=1S/C21H25F2N3O3/c1-3-21(4-2)10-25(9-15(21)24)18-14(22)7-12-17(16(18)23)26(11-5-6-11)8-13(19(12)27)20(28)29/h7-8,11,15H,3-6,9-10,24H2,1-2H3,(H,28,29)/t15-/m0/s1. The normalized spacial score (nSPS) is 21.1. The van der Waals surface area contributed by atoms with Gasteiger partial charge in [0, 0.05) is 36.8 Å². The molecule has 3 N–H and O–H groups in total. The van der Waals surface area contributed by atoms with Gasteiger partial charge in [0.05, 0.1) is 10.9 Å². The van der Waals surface area contributed by atoms with Crippen LogP contribution in [0.15, 0.2) is 17.1 Å². The molecule has 0 bridgehead atoms. The van der Waals surface area contributed by atoms with Crippen LogP contribution in [0.2, 0.25) is 0 Å². The molecule has 2 aromatic rings. The summed E-state index contributed by atoms with van der Waals surface area (Å²) >= 11 is 0. The number of hydrogen-bond acceptors (Lipinski definition) is 4. The molecule has 6 nitrogen and oxygen atoms in total. The fourth-order valence-corrected chi connectivity index (χ4v) is 4.68. The average molecular weight is 405 g/mol. The Labute approximate surface area is 166 Å². The lowest BCUT2D eigenvalue weighted by atomic mass is 9.78. The van der Waals surface area contributed by atoms with Gasteiger partial charge >= 0.3 is 5.97 Å². The number of aromatic carboxylic acids is 1. The van der Waals surface area contributed by atoms with E-state index in [1.807, 2.05) is 13.8 Å². The van der Waals surface area contributed by atoms with E-state index < -0.39 is 28.6 Å². The zero-order valence-corrected chi connectivity index (χ0v) is 16.5. The summed E-state index contributed by atoms with van der Waals surface area (Å²) in [7, 11) is 0. The summed E-state index contributed by atoms with van der Waals surface area (Å²) < 4.78 is 32.3. The van der Waals surface area contributed by atoms with E-state index in [2.05, 4.69) is 0 Å². The lowest BCUT2D eigenvalue weighted by Gasteiger charge is -2.30. The van der Waals surface area contributed by atoms with Crippen molar-refractivity contribution in [2.45, 2.75) is 51.6 Å². The van der Waals surface area contributed by atoms with Crippen LogP contribution < -0.4 is 16.1 Å². The minimum atomic E-state index is -1.41. The van der Waals surface area contributed by atoms with Gasteiger partial charge in [-0.25, -0.2) is 13.6 Å². The maximum Gasteiger partial charge on any atom is 0.341 e. The second-order valence-corrected chi connectivity index (χ2v) is 8.29. The zero-order valence-electron chi connectivity index (χ0n) is 16.5. The number of fused-ring (bicyclic) bond motifs is 1. The highest BCUT2D eigenvalue weighted by Gasteiger charge is 2.44. The number of nitrogens with zero attached hydrogens (tertiary/aromatic N) is 2. The molecule has 1 aliphatic carbocycles. The molecule has 4 rings (SSSR count). The van der Waals surface area contributed by atoms with Gasteiger partial charge in [-0.3, -0.25) is 4.79 Å². The summed E-state index contributed by atoms with van der Waals surface area (Å²) in [4.78, 5) is 25.7. The number of carboxylic acids is 1. The van der Waals surface area contributed by atoms with Crippen molar-refractivity contribution < 1.29 is 18.7 Å². The number of carbonyl (C=O) groups is 1. The van der Waals surface area contributed by atoms with Gasteiger partial charge in [0.1, 0.15) is 17.1 Å². The first-order chi connectivity index (χ1) is 13.7. The van der Waals surface area contributed by atoms with Crippen LogP contribution in [-0.2, 0) is 0 Å². The van der Waals surface area contributed by atoms with Crippen LogP contribution in [0.1, 0.15) is 55.9 Å². The monoisotopic (exact) mass is 405 g/mol. The van der Waals surface area contributed by atoms with Gasteiger partial charge in [0.15, 0.2) is 5.82 Å². The van der Waals surface area contributed by atoms with Crippen molar-refractivity contribution >= 4 is 22.6 Å². The van der Waals surface area contributed by atoms with Crippen LogP contribution in [0.5, 0.6) is 0 Å². The van der Waals surface area contributed by atoms with Gasteiger partial charge < -0.3 is 20.3 Å². The van der Waals surface area contributed by atoms with Gasteiger partial charge in [0.25, 0.3) is 0 Å². The Morgan fingerprint density at radius 1 is 1.31 bits per heavy atom. The number of hydrogen-bond donors (Lipinski definition) is 2. The van der Waals surface area contributed by atoms with E-state index in [-0.39, 0.29) is 34.1 Å². The molecular formula is C21H25F2N3O3. The van der Waals surface area contributed by atoms with E-state index in [1.165, 1.54) is 10.8 Å². The van der Waals surface area contributed by atoms with Crippen LogP contribution >= 0.6 is 0 Å². The minimum Gasteiger partial charge on any atom is -0.477 e. The van der Waals surface area contributed by atoms with Crippen LogP contribution in [0.4, 0.5) is 14.5 Å². The van der Waals surface area contributed by atoms with Gasteiger partial charge in [-0.2, -0.15) is 0 Å². The molecule has 8 heteroatoms. The molecule has 1 atom stereocenters. The van der Waals surface area contributed by atoms with Crippen molar-refractivity contribution in [3.05, 3.63) is 39.7 Å². The summed E-state index contributed by atoms with van der Waals surface area (Å²) in [5.74, 6) is -3.10. The molecule has 0 radical (unpaired) electrons. The fourth-order valence-electron chi connectivity index (χ4n) is 4.68. The molecule has 2 aliphatic rings. The molecule has 1 saturated carbocycles. The Kier molecular flexibility index (Phi) is 4.64. The largest absolute Gasteiger partial charge is 0.477 e. The van der Waals surface area contributed by atoms with Crippen LogP contribution in [0, 0.1) is 17.0 Å². The van der Waals surface area contributed by atoms with Gasteiger partial charge in [0.2, 0.25) is 5.43 Å². The number of aromatic nitrogens is 1. The van der Waals surface area contributed by atoms with Crippen molar-refractivity contribution in [2.75, 3.05) is 18.0 Å². The molecule has 1 aromatic carbocycles. The number of pyridine rings is 1. The lowest BCUT2D eigenvalue weighted by molar-refractivity contribution is 0.0694. The van der Waals surface area contributed by atoms with E-state index >= 15 is 8.78 Å². The second-order valence-electron chi connectivity index (χ2n) is 8.29. The highest BCUT2D eigenvalue weighted by molar-refractivity contribution is 5.94. The molecule has 2 fully saturated rings. The first-order valence-corrected chi connectivity index (χ1v) is 10.0. The van der Waals surface area contributed by atoms with Crippen molar-refractivity contribution in [3.63, 3.8) is 0 Å². The third-order valence-electron chi connectivity index (χ3n) is 6.79. The minimum absolute atomic E-state index is 0.0297. The van der Waals surface area contributed by atoms with E-state index in [1.54, 1.807) is 4.90 Å². The number of anilines is 1. The highest BCUT2D eigenvalue weighted by Crippen LogP contribution is 2.43. The molecule has 2 heterocycles. The fraction of sp³-hybridized carbons (Fsp3) is 0.524. The van der Waals surface area contributed by atoms with Gasteiger partial charge in [-0.1, -0.05) is 13.8 Å². The van der Waals surface area contributed by atoms with Crippen molar-refractivity contribution in [1.82, 2.24) is 4.57 Å². The summed E-state index contributed by atoms with van der Waals surface area (Å²) in [5.41, 5.74) is 4.54. The maximum absolute atomic E-state index is 15.7. The predicted octanol–water partition coefficient (Wildman–Crippen LogP) is 3.27.